The van der Waals surface area contributed by atoms with Crippen LogP contribution in [0.3, 0.4) is 0 Å². The molecule has 1 aliphatic rings. The Labute approximate surface area is 184 Å². The van der Waals surface area contributed by atoms with Gasteiger partial charge in [-0.2, -0.15) is 4.31 Å². The molecular weight excluding hydrogens is 416 g/mol. The van der Waals surface area contributed by atoms with E-state index in [4.69, 9.17) is 9.47 Å². The lowest BCUT2D eigenvalue weighted by atomic mass is 10.1. The van der Waals surface area contributed by atoms with E-state index in [2.05, 4.69) is 5.32 Å². The van der Waals surface area contributed by atoms with E-state index in [0.717, 1.165) is 24.8 Å². The molecule has 2 aromatic rings. The lowest BCUT2D eigenvalue weighted by Crippen LogP contribution is -2.35. The van der Waals surface area contributed by atoms with Gasteiger partial charge in [0, 0.05) is 19.6 Å². The van der Waals surface area contributed by atoms with Crippen molar-refractivity contribution >= 4 is 21.7 Å². The summed E-state index contributed by atoms with van der Waals surface area (Å²) in [6, 6.07) is 12.0. The quantitative estimate of drug-likeness (QED) is 0.616. The van der Waals surface area contributed by atoms with Crippen LogP contribution in [0, 0.1) is 0 Å². The summed E-state index contributed by atoms with van der Waals surface area (Å²) >= 11 is 0. The van der Waals surface area contributed by atoms with E-state index >= 15 is 0 Å². The van der Waals surface area contributed by atoms with Crippen molar-refractivity contribution in [1.82, 2.24) is 4.31 Å². The standard InChI is InChI=1S/C23H30N2O5S/c1-17(2)30-22-11-10-20(31(27,28)25-12-5-4-6-13-25)15-21(22)24-16-18-8-7-9-19(14-18)23(26)29-3/h7-11,14-15,17,24H,4-6,12-13,16H2,1-3H3. The van der Waals surface area contributed by atoms with Crippen LogP contribution in [0.15, 0.2) is 47.4 Å². The predicted molar refractivity (Wildman–Crippen MR) is 120 cm³/mol. The second-order valence-corrected chi connectivity index (χ2v) is 9.77. The minimum Gasteiger partial charge on any atom is -0.489 e. The number of nitrogens with zero attached hydrogens (tertiary/aromatic N) is 1. The molecule has 2 aromatic carbocycles. The number of carbonyl (C=O) groups excluding carboxylic acids is 1. The van der Waals surface area contributed by atoms with Crippen LogP contribution in [0.25, 0.3) is 0 Å². The Hall–Kier alpha value is -2.58. The molecule has 0 unspecified atom stereocenters. The fourth-order valence-electron chi connectivity index (χ4n) is 3.54. The van der Waals surface area contributed by atoms with Crippen molar-refractivity contribution in [3.8, 4) is 5.75 Å². The number of hydrogen-bond donors (Lipinski definition) is 1. The fourth-order valence-corrected chi connectivity index (χ4v) is 5.09. The van der Waals surface area contributed by atoms with Crippen molar-refractivity contribution < 1.29 is 22.7 Å². The molecule has 1 heterocycles. The van der Waals surface area contributed by atoms with Crippen molar-refractivity contribution in [1.29, 1.82) is 0 Å². The van der Waals surface area contributed by atoms with E-state index in [1.807, 2.05) is 19.9 Å². The summed E-state index contributed by atoms with van der Waals surface area (Å²) in [4.78, 5) is 12.0. The van der Waals surface area contributed by atoms with Crippen molar-refractivity contribution in [3.05, 3.63) is 53.6 Å². The van der Waals surface area contributed by atoms with E-state index in [1.165, 1.54) is 7.11 Å². The van der Waals surface area contributed by atoms with Crippen molar-refractivity contribution in [2.45, 2.75) is 50.7 Å². The Balaban J connectivity index is 1.86. The number of hydrogen-bond acceptors (Lipinski definition) is 6. The van der Waals surface area contributed by atoms with Crippen molar-refractivity contribution in [3.63, 3.8) is 0 Å². The van der Waals surface area contributed by atoms with Gasteiger partial charge in [0.2, 0.25) is 10.0 Å². The SMILES string of the molecule is COC(=O)c1cccc(CNc2cc(S(=O)(=O)N3CCCCC3)ccc2OC(C)C)c1. The minimum absolute atomic E-state index is 0.0623. The summed E-state index contributed by atoms with van der Waals surface area (Å²) in [6.45, 7) is 5.34. The third-order valence-electron chi connectivity index (χ3n) is 5.10. The van der Waals surface area contributed by atoms with Gasteiger partial charge in [-0.25, -0.2) is 13.2 Å². The maximum atomic E-state index is 13.1. The molecule has 0 radical (unpaired) electrons. The molecule has 7 nitrogen and oxygen atoms in total. The largest absolute Gasteiger partial charge is 0.489 e. The molecule has 1 aliphatic heterocycles. The van der Waals surface area contributed by atoms with Gasteiger partial charge in [0.05, 0.1) is 29.4 Å². The molecular formula is C23H30N2O5S. The molecule has 0 saturated carbocycles. The maximum Gasteiger partial charge on any atom is 0.337 e. The molecule has 168 valence electrons. The molecule has 0 aromatic heterocycles. The van der Waals surface area contributed by atoms with E-state index in [9.17, 15) is 13.2 Å². The van der Waals surface area contributed by atoms with Crippen LogP contribution in [-0.4, -0.2) is 45.0 Å². The van der Waals surface area contributed by atoms with Gasteiger partial charge in [-0.3, -0.25) is 0 Å². The highest BCUT2D eigenvalue weighted by molar-refractivity contribution is 7.89. The summed E-state index contributed by atoms with van der Waals surface area (Å²) in [5.74, 6) is 0.178. The number of carbonyl (C=O) groups is 1. The number of ether oxygens (including phenoxy) is 2. The zero-order valence-corrected chi connectivity index (χ0v) is 19.1. The Morgan fingerprint density at radius 2 is 1.84 bits per heavy atom. The zero-order chi connectivity index (χ0) is 22.4. The van der Waals surface area contributed by atoms with Crippen LogP contribution < -0.4 is 10.1 Å². The van der Waals surface area contributed by atoms with Crippen molar-refractivity contribution in [2.24, 2.45) is 0 Å². The number of piperidine rings is 1. The number of nitrogens with one attached hydrogen (secondary N) is 1. The summed E-state index contributed by atoms with van der Waals surface area (Å²) in [5, 5.41) is 3.27. The molecule has 31 heavy (non-hydrogen) atoms. The normalized spacial score (nSPS) is 15.0. The van der Waals surface area contributed by atoms with Crippen LogP contribution in [0.2, 0.25) is 0 Å². The topological polar surface area (TPSA) is 84.9 Å². The summed E-state index contributed by atoms with van der Waals surface area (Å²) in [6.07, 6.45) is 2.77. The third kappa shape index (κ3) is 5.77. The Kier molecular flexibility index (Phi) is 7.56. The fraction of sp³-hybridized carbons (Fsp3) is 0.435. The van der Waals surface area contributed by atoms with E-state index in [0.29, 0.717) is 36.6 Å². The lowest BCUT2D eigenvalue weighted by Gasteiger charge is -2.26. The molecule has 8 heteroatoms. The second kappa shape index (κ2) is 10.2. The summed E-state index contributed by atoms with van der Waals surface area (Å²) < 4.78 is 38.4. The van der Waals surface area contributed by atoms with Gasteiger partial charge in [-0.05, 0) is 62.6 Å². The van der Waals surface area contributed by atoms with Crippen LogP contribution in [0.1, 0.15) is 49.0 Å². The second-order valence-electron chi connectivity index (χ2n) is 7.83. The first-order valence-electron chi connectivity index (χ1n) is 10.5. The van der Waals surface area contributed by atoms with Gasteiger partial charge in [0.25, 0.3) is 0 Å². The summed E-state index contributed by atoms with van der Waals surface area (Å²) in [5.41, 5.74) is 1.92. The molecule has 3 rings (SSSR count). The first kappa shape index (κ1) is 23.1. The average Bonchev–Trinajstić information content (AvgIpc) is 2.78. The van der Waals surface area contributed by atoms with E-state index in [1.54, 1.807) is 40.7 Å². The number of methoxy groups -OCH3 is 1. The number of rotatable bonds is 8. The molecule has 0 spiro atoms. The average molecular weight is 447 g/mol. The zero-order valence-electron chi connectivity index (χ0n) is 18.3. The highest BCUT2D eigenvalue weighted by Gasteiger charge is 2.26. The number of esters is 1. The predicted octanol–water partition coefficient (Wildman–Crippen LogP) is 4.05. The van der Waals surface area contributed by atoms with Gasteiger partial charge in [0.1, 0.15) is 5.75 Å². The van der Waals surface area contributed by atoms with Crippen LogP contribution in [0.4, 0.5) is 5.69 Å². The Morgan fingerprint density at radius 1 is 1.10 bits per heavy atom. The molecule has 0 bridgehead atoms. The highest BCUT2D eigenvalue weighted by Crippen LogP contribution is 2.31. The van der Waals surface area contributed by atoms with Gasteiger partial charge in [-0.15, -0.1) is 0 Å². The number of sulfonamides is 1. The van der Waals surface area contributed by atoms with Crippen LogP contribution in [-0.2, 0) is 21.3 Å². The molecule has 1 fully saturated rings. The van der Waals surface area contributed by atoms with E-state index < -0.39 is 16.0 Å². The van der Waals surface area contributed by atoms with Gasteiger partial charge < -0.3 is 14.8 Å². The van der Waals surface area contributed by atoms with Gasteiger partial charge >= 0.3 is 5.97 Å². The molecule has 0 aliphatic carbocycles. The summed E-state index contributed by atoms with van der Waals surface area (Å²) in [7, 11) is -2.21. The smallest absolute Gasteiger partial charge is 0.337 e. The van der Waals surface area contributed by atoms with Crippen LogP contribution in [0.5, 0.6) is 5.75 Å². The number of benzene rings is 2. The lowest BCUT2D eigenvalue weighted by molar-refractivity contribution is 0.0600. The molecule has 1 saturated heterocycles. The highest BCUT2D eigenvalue weighted by atomic mass is 32.2. The van der Waals surface area contributed by atoms with E-state index in [-0.39, 0.29) is 11.0 Å². The first-order valence-corrected chi connectivity index (χ1v) is 12.0. The monoisotopic (exact) mass is 446 g/mol. The Morgan fingerprint density at radius 3 is 2.52 bits per heavy atom. The van der Waals surface area contributed by atoms with Crippen molar-refractivity contribution in [2.75, 3.05) is 25.5 Å². The number of anilines is 1. The third-order valence-corrected chi connectivity index (χ3v) is 6.99. The van der Waals surface area contributed by atoms with Gasteiger partial charge in [-0.1, -0.05) is 18.6 Å². The van der Waals surface area contributed by atoms with Gasteiger partial charge in [0.15, 0.2) is 0 Å². The van der Waals surface area contributed by atoms with Crippen LogP contribution >= 0.6 is 0 Å². The molecule has 1 N–H and O–H groups in total. The Bertz CT molecular complexity index is 1010. The molecule has 0 amide bonds. The maximum absolute atomic E-state index is 13.1. The first-order chi connectivity index (χ1) is 14.8. The minimum atomic E-state index is -3.56. The molecule has 0 atom stereocenters.